The molecule has 17 heavy (non-hydrogen) atoms. The molecule has 2 aromatic rings. The highest BCUT2D eigenvalue weighted by atomic mass is 35.5. The first-order valence-electron chi connectivity index (χ1n) is 5.10. The van der Waals surface area contributed by atoms with Crippen LogP contribution in [0.4, 0.5) is 5.69 Å². The van der Waals surface area contributed by atoms with Gasteiger partial charge in [0, 0.05) is 20.2 Å². The molecule has 0 radical (unpaired) electrons. The van der Waals surface area contributed by atoms with Crippen LogP contribution < -0.4 is 9.64 Å². The van der Waals surface area contributed by atoms with Gasteiger partial charge < -0.3 is 9.64 Å². The minimum Gasteiger partial charge on any atom is -0.436 e. The molecule has 1 aromatic heterocycles. The van der Waals surface area contributed by atoms with Gasteiger partial charge in [0.1, 0.15) is 11.4 Å². The predicted molar refractivity (Wildman–Crippen MR) is 67.9 cm³/mol. The Labute approximate surface area is 105 Å². The Morgan fingerprint density at radius 2 is 1.82 bits per heavy atom. The maximum atomic E-state index is 5.81. The Morgan fingerprint density at radius 1 is 1.12 bits per heavy atom. The normalized spacial score (nSPS) is 10.1. The van der Waals surface area contributed by atoms with Gasteiger partial charge in [-0.1, -0.05) is 29.8 Å². The number of benzene rings is 1. The number of halogens is 1. The molecule has 0 saturated carbocycles. The Kier molecular flexibility index (Phi) is 3.44. The van der Waals surface area contributed by atoms with Crippen LogP contribution in [0.3, 0.4) is 0 Å². The summed E-state index contributed by atoms with van der Waals surface area (Å²) in [5.74, 6) is 1.15. The second-order valence-electron chi connectivity index (χ2n) is 3.67. The zero-order valence-electron chi connectivity index (χ0n) is 9.59. The number of ether oxygens (including phenoxy) is 1. The van der Waals surface area contributed by atoms with E-state index in [1.165, 1.54) is 0 Å². The molecule has 0 aliphatic carbocycles. The van der Waals surface area contributed by atoms with Crippen molar-refractivity contribution in [2.75, 3.05) is 19.0 Å². The van der Waals surface area contributed by atoms with Crippen molar-refractivity contribution in [3.8, 4) is 11.6 Å². The maximum Gasteiger partial charge on any atom is 0.262 e. The van der Waals surface area contributed by atoms with Crippen LogP contribution >= 0.6 is 11.6 Å². The number of hydrogen-bond donors (Lipinski definition) is 0. The van der Waals surface area contributed by atoms with Gasteiger partial charge in [-0.3, -0.25) is 0 Å². The van der Waals surface area contributed by atoms with Crippen molar-refractivity contribution in [1.82, 2.24) is 10.2 Å². The first-order chi connectivity index (χ1) is 8.16. The lowest BCUT2D eigenvalue weighted by Gasteiger charge is -2.15. The van der Waals surface area contributed by atoms with E-state index < -0.39 is 0 Å². The minimum absolute atomic E-state index is 0.342. The van der Waals surface area contributed by atoms with E-state index in [0.29, 0.717) is 16.8 Å². The van der Waals surface area contributed by atoms with Gasteiger partial charge in [-0.15, -0.1) is 10.2 Å². The van der Waals surface area contributed by atoms with E-state index in [0.717, 1.165) is 5.69 Å². The van der Waals surface area contributed by atoms with Crippen molar-refractivity contribution in [3.63, 3.8) is 0 Å². The summed E-state index contributed by atoms with van der Waals surface area (Å²) in [5.41, 5.74) is 0.786. The fourth-order valence-corrected chi connectivity index (χ4v) is 1.48. The summed E-state index contributed by atoms with van der Waals surface area (Å²) in [5, 5.41) is 8.07. The zero-order valence-corrected chi connectivity index (χ0v) is 10.3. The minimum atomic E-state index is 0.342. The maximum absolute atomic E-state index is 5.81. The summed E-state index contributed by atoms with van der Waals surface area (Å²) in [6.07, 6.45) is 0. The highest BCUT2D eigenvalue weighted by Gasteiger charge is 2.10. The Balaban J connectivity index is 2.33. The fraction of sp³-hybridized carbons (Fsp3) is 0.167. The summed E-state index contributed by atoms with van der Waals surface area (Å²) < 4.78 is 5.65. The Hall–Kier alpha value is -1.81. The van der Waals surface area contributed by atoms with Gasteiger partial charge in [-0.25, -0.2) is 0 Å². The van der Waals surface area contributed by atoms with Crippen LogP contribution in [0.25, 0.3) is 0 Å². The Morgan fingerprint density at radius 3 is 2.47 bits per heavy atom. The third-order valence-electron chi connectivity index (χ3n) is 2.15. The monoisotopic (exact) mass is 249 g/mol. The first kappa shape index (κ1) is 11.7. The van der Waals surface area contributed by atoms with Crippen LogP contribution in [0.1, 0.15) is 0 Å². The smallest absolute Gasteiger partial charge is 0.262 e. The molecule has 0 unspecified atom stereocenters. The van der Waals surface area contributed by atoms with Gasteiger partial charge in [0.15, 0.2) is 5.15 Å². The highest BCUT2D eigenvalue weighted by Crippen LogP contribution is 2.29. The van der Waals surface area contributed by atoms with Crippen LogP contribution in [-0.4, -0.2) is 24.3 Å². The lowest BCUT2D eigenvalue weighted by Crippen LogP contribution is -2.11. The number of para-hydroxylation sites is 1. The lowest BCUT2D eigenvalue weighted by molar-refractivity contribution is 0.456. The molecule has 0 aliphatic rings. The number of rotatable bonds is 3. The molecule has 2 rings (SSSR count). The van der Waals surface area contributed by atoms with Crippen LogP contribution in [0.15, 0.2) is 36.4 Å². The van der Waals surface area contributed by atoms with E-state index in [1.54, 1.807) is 6.07 Å². The molecule has 1 aromatic carbocycles. The van der Waals surface area contributed by atoms with Crippen molar-refractivity contribution in [2.45, 2.75) is 0 Å². The second kappa shape index (κ2) is 5.01. The molecule has 5 heteroatoms. The topological polar surface area (TPSA) is 38.2 Å². The molecule has 0 N–H and O–H groups in total. The largest absolute Gasteiger partial charge is 0.436 e. The number of nitrogens with zero attached hydrogens (tertiary/aromatic N) is 3. The number of anilines is 1. The average Bonchev–Trinajstić information content (AvgIpc) is 2.32. The molecule has 0 fully saturated rings. The van der Waals surface area contributed by atoms with Gasteiger partial charge in [-0.05, 0) is 12.1 Å². The van der Waals surface area contributed by atoms with Crippen molar-refractivity contribution in [3.05, 3.63) is 41.6 Å². The molecule has 0 bridgehead atoms. The van der Waals surface area contributed by atoms with Crippen molar-refractivity contribution in [1.29, 1.82) is 0 Å². The SMILES string of the molecule is CN(C)c1cc(Cl)nnc1Oc1ccccc1. The second-order valence-corrected chi connectivity index (χ2v) is 4.05. The van der Waals surface area contributed by atoms with E-state index in [1.807, 2.05) is 49.3 Å². The predicted octanol–water partition coefficient (Wildman–Crippen LogP) is 2.99. The van der Waals surface area contributed by atoms with E-state index in [4.69, 9.17) is 16.3 Å². The van der Waals surface area contributed by atoms with E-state index in [2.05, 4.69) is 10.2 Å². The zero-order chi connectivity index (χ0) is 12.3. The van der Waals surface area contributed by atoms with Crippen molar-refractivity contribution >= 4 is 17.3 Å². The lowest BCUT2D eigenvalue weighted by atomic mass is 10.3. The average molecular weight is 250 g/mol. The molecular weight excluding hydrogens is 238 g/mol. The van der Waals surface area contributed by atoms with Gasteiger partial charge in [-0.2, -0.15) is 0 Å². The van der Waals surface area contributed by atoms with Crippen LogP contribution in [0.2, 0.25) is 5.15 Å². The molecule has 0 amide bonds. The molecule has 88 valence electrons. The van der Waals surface area contributed by atoms with Crippen LogP contribution in [-0.2, 0) is 0 Å². The van der Waals surface area contributed by atoms with Gasteiger partial charge >= 0.3 is 0 Å². The molecule has 4 nitrogen and oxygen atoms in total. The van der Waals surface area contributed by atoms with Gasteiger partial charge in [0.25, 0.3) is 5.88 Å². The summed E-state index contributed by atoms with van der Waals surface area (Å²) in [7, 11) is 3.79. The van der Waals surface area contributed by atoms with E-state index in [9.17, 15) is 0 Å². The van der Waals surface area contributed by atoms with Crippen LogP contribution in [0, 0.1) is 0 Å². The first-order valence-corrected chi connectivity index (χ1v) is 5.48. The quantitative estimate of drug-likeness (QED) is 0.838. The molecular formula is C12H12ClN3O. The van der Waals surface area contributed by atoms with E-state index in [-0.39, 0.29) is 0 Å². The third-order valence-corrected chi connectivity index (χ3v) is 2.34. The third kappa shape index (κ3) is 2.85. The van der Waals surface area contributed by atoms with Crippen molar-refractivity contribution in [2.24, 2.45) is 0 Å². The number of aromatic nitrogens is 2. The summed E-state index contributed by atoms with van der Waals surface area (Å²) in [6, 6.07) is 11.1. The highest BCUT2D eigenvalue weighted by molar-refractivity contribution is 6.29. The van der Waals surface area contributed by atoms with E-state index >= 15 is 0 Å². The number of hydrogen-bond acceptors (Lipinski definition) is 4. The Bertz CT molecular complexity index is 502. The summed E-state index contributed by atoms with van der Waals surface area (Å²) in [4.78, 5) is 1.87. The molecule has 1 heterocycles. The molecule has 0 aliphatic heterocycles. The van der Waals surface area contributed by atoms with Crippen LogP contribution in [0.5, 0.6) is 11.6 Å². The van der Waals surface area contributed by atoms with Gasteiger partial charge in [0.2, 0.25) is 0 Å². The standard InChI is InChI=1S/C12H12ClN3O/c1-16(2)10-8-11(13)14-15-12(10)17-9-6-4-3-5-7-9/h3-8H,1-2H3. The molecule has 0 spiro atoms. The summed E-state index contributed by atoms with van der Waals surface area (Å²) in [6.45, 7) is 0. The molecule has 0 atom stereocenters. The summed E-state index contributed by atoms with van der Waals surface area (Å²) >= 11 is 5.81. The fourth-order valence-electron chi connectivity index (χ4n) is 1.34. The van der Waals surface area contributed by atoms with Crippen molar-refractivity contribution < 1.29 is 4.74 Å². The van der Waals surface area contributed by atoms with Gasteiger partial charge in [0.05, 0.1) is 0 Å². The molecule has 0 saturated heterocycles.